The van der Waals surface area contributed by atoms with Gasteiger partial charge >= 0.3 is 0 Å². The normalized spacial score (nSPS) is 20.4. The van der Waals surface area contributed by atoms with Gasteiger partial charge in [0.2, 0.25) is 10.0 Å². The van der Waals surface area contributed by atoms with Crippen molar-refractivity contribution in [3.8, 4) is 0 Å². The van der Waals surface area contributed by atoms with Crippen LogP contribution in [0.1, 0.15) is 43.7 Å². The third-order valence-electron chi connectivity index (χ3n) is 5.23. The Hall–Kier alpha value is -0.910. The molecule has 1 aliphatic heterocycles. The lowest BCUT2D eigenvalue weighted by Crippen LogP contribution is -2.39. The van der Waals surface area contributed by atoms with E-state index in [2.05, 4.69) is 16.5 Å². The highest BCUT2D eigenvalue weighted by atomic mass is 32.2. The minimum atomic E-state index is -3.38. The van der Waals surface area contributed by atoms with Gasteiger partial charge in [0.25, 0.3) is 0 Å². The number of rotatable bonds is 5. The summed E-state index contributed by atoms with van der Waals surface area (Å²) >= 11 is 0. The lowest BCUT2D eigenvalue weighted by molar-refractivity contribution is 0.195. The molecule has 1 N–H and O–H groups in total. The number of nitrogens with one attached hydrogen (secondary N) is 1. The molecule has 1 aliphatic carbocycles. The largest absolute Gasteiger partial charge is 0.302 e. The van der Waals surface area contributed by atoms with Crippen LogP contribution in [0.2, 0.25) is 0 Å². The monoisotopic (exact) mass is 336 g/mol. The lowest BCUT2D eigenvalue weighted by Gasteiger charge is -2.30. The van der Waals surface area contributed by atoms with Gasteiger partial charge in [-0.25, -0.2) is 13.1 Å². The Morgan fingerprint density at radius 1 is 1.13 bits per heavy atom. The van der Waals surface area contributed by atoms with Crippen LogP contribution in [0.4, 0.5) is 0 Å². The van der Waals surface area contributed by atoms with Gasteiger partial charge < -0.3 is 4.90 Å². The van der Waals surface area contributed by atoms with E-state index < -0.39 is 10.0 Å². The van der Waals surface area contributed by atoms with E-state index in [0.717, 1.165) is 44.8 Å². The van der Waals surface area contributed by atoms with Crippen LogP contribution < -0.4 is 4.72 Å². The maximum atomic E-state index is 12.5. The summed E-state index contributed by atoms with van der Waals surface area (Å²) in [5.41, 5.74) is 2.53. The minimum absolute atomic E-state index is 0.422. The van der Waals surface area contributed by atoms with E-state index >= 15 is 0 Å². The van der Waals surface area contributed by atoms with Gasteiger partial charge in [-0.3, -0.25) is 0 Å². The molecule has 1 aromatic carbocycles. The second-order valence-corrected chi connectivity index (χ2v) is 8.83. The zero-order valence-corrected chi connectivity index (χ0v) is 14.9. The molecule has 128 valence electrons. The van der Waals surface area contributed by atoms with Gasteiger partial charge in [0.05, 0.1) is 4.90 Å². The Morgan fingerprint density at radius 3 is 2.57 bits per heavy atom. The van der Waals surface area contributed by atoms with Gasteiger partial charge in [0.15, 0.2) is 0 Å². The molecule has 1 saturated heterocycles. The van der Waals surface area contributed by atoms with Gasteiger partial charge in [-0.15, -0.1) is 0 Å². The van der Waals surface area contributed by atoms with Crippen molar-refractivity contribution in [2.24, 2.45) is 5.92 Å². The van der Waals surface area contributed by atoms with Crippen molar-refractivity contribution >= 4 is 10.0 Å². The van der Waals surface area contributed by atoms with Gasteiger partial charge in [-0.1, -0.05) is 13.0 Å². The first-order chi connectivity index (χ1) is 11.0. The summed E-state index contributed by atoms with van der Waals surface area (Å²) in [6, 6.07) is 5.63. The SMILES string of the molecule is CC1CCN(CCNS(=O)(=O)c2ccc3c(c2)CCCC3)CC1. The Kier molecular flexibility index (Phi) is 5.39. The molecule has 0 atom stereocenters. The zero-order chi connectivity index (χ0) is 16.3. The molecule has 3 rings (SSSR count). The molecule has 0 amide bonds. The van der Waals surface area contributed by atoms with Crippen molar-refractivity contribution in [2.75, 3.05) is 26.2 Å². The van der Waals surface area contributed by atoms with Crippen LogP contribution in [0.15, 0.2) is 23.1 Å². The molecule has 0 saturated carbocycles. The Bertz CT molecular complexity index is 634. The van der Waals surface area contributed by atoms with Crippen LogP contribution in [0.25, 0.3) is 0 Å². The van der Waals surface area contributed by atoms with Crippen LogP contribution in [0.5, 0.6) is 0 Å². The van der Waals surface area contributed by atoms with Crippen molar-refractivity contribution in [1.29, 1.82) is 0 Å². The number of likely N-dealkylation sites (tertiary alicyclic amines) is 1. The minimum Gasteiger partial charge on any atom is -0.302 e. The number of benzene rings is 1. The zero-order valence-electron chi connectivity index (χ0n) is 14.1. The standard InChI is InChI=1S/C18H28N2O2S/c1-15-8-11-20(12-9-15)13-10-19-23(21,22)18-7-6-16-4-2-3-5-17(16)14-18/h6-7,14-15,19H,2-5,8-13H2,1H3. The molecule has 4 nitrogen and oxygen atoms in total. The molecule has 0 bridgehead atoms. The lowest BCUT2D eigenvalue weighted by atomic mass is 9.92. The van der Waals surface area contributed by atoms with Gasteiger partial charge in [-0.2, -0.15) is 0 Å². The topological polar surface area (TPSA) is 49.4 Å². The summed E-state index contributed by atoms with van der Waals surface area (Å²) in [4.78, 5) is 2.78. The van der Waals surface area contributed by atoms with Crippen LogP contribution >= 0.6 is 0 Å². The highest BCUT2D eigenvalue weighted by Gasteiger charge is 2.19. The van der Waals surface area contributed by atoms with E-state index in [9.17, 15) is 8.42 Å². The van der Waals surface area contributed by atoms with Crippen LogP contribution in [-0.4, -0.2) is 39.5 Å². The fourth-order valence-corrected chi connectivity index (χ4v) is 4.66. The number of aryl methyl sites for hydroxylation is 2. The van der Waals surface area contributed by atoms with Crippen molar-refractivity contribution in [2.45, 2.75) is 50.3 Å². The summed E-state index contributed by atoms with van der Waals surface area (Å²) in [6.45, 7) is 5.75. The Balaban J connectivity index is 1.56. The molecular weight excluding hydrogens is 308 g/mol. The van der Waals surface area contributed by atoms with Gasteiger partial charge in [0, 0.05) is 13.1 Å². The molecule has 2 aliphatic rings. The molecule has 0 aromatic heterocycles. The van der Waals surface area contributed by atoms with Crippen molar-refractivity contribution < 1.29 is 8.42 Å². The number of nitrogens with zero attached hydrogens (tertiary/aromatic N) is 1. The summed E-state index contributed by atoms with van der Waals surface area (Å²) in [5.74, 6) is 0.804. The summed E-state index contributed by atoms with van der Waals surface area (Å²) in [7, 11) is -3.38. The molecule has 1 heterocycles. The van der Waals surface area contributed by atoms with Crippen LogP contribution in [-0.2, 0) is 22.9 Å². The molecule has 0 radical (unpaired) electrons. The molecule has 1 aromatic rings. The number of piperidine rings is 1. The highest BCUT2D eigenvalue weighted by Crippen LogP contribution is 2.24. The highest BCUT2D eigenvalue weighted by molar-refractivity contribution is 7.89. The third-order valence-corrected chi connectivity index (χ3v) is 6.69. The average Bonchev–Trinajstić information content (AvgIpc) is 2.56. The van der Waals surface area contributed by atoms with E-state index in [4.69, 9.17) is 0 Å². The fraction of sp³-hybridized carbons (Fsp3) is 0.667. The number of hydrogen-bond donors (Lipinski definition) is 1. The fourth-order valence-electron chi connectivity index (χ4n) is 3.58. The second kappa shape index (κ2) is 7.32. The summed E-state index contributed by atoms with van der Waals surface area (Å²) in [6.07, 6.45) is 6.90. The number of sulfonamides is 1. The second-order valence-electron chi connectivity index (χ2n) is 7.06. The van der Waals surface area contributed by atoms with Gasteiger partial charge in [-0.05, 0) is 80.8 Å². The van der Waals surface area contributed by atoms with Gasteiger partial charge in [0.1, 0.15) is 0 Å². The Morgan fingerprint density at radius 2 is 1.83 bits per heavy atom. The van der Waals surface area contributed by atoms with Crippen LogP contribution in [0, 0.1) is 5.92 Å². The summed E-state index contributed by atoms with van der Waals surface area (Å²) in [5, 5.41) is 0. The first kappa shape index (κ1) is 16.9. The van der Waals surface area contributed by atoms with E-state index in [0.29, 0.717) is 11.4 Å². The average molecular weight is 337 g/mol. The van der Waals surface area contributed by atoms with E-state index in [1.54, 1.807) is 6.07 Å². The maximum absolute atomic E-state index is 12.5. The van der Waals surface area contributed by atoms with E-state index in [-0.39, 0.29) is 0 Å². The Labute approximate surface area is 140 Å². The molecule has 5 heteroatoms. The van der Waals surface area contributed by atoms with E-state index in [1.807, 2.05) is 12.1 Å². The van der Waals surface area contributed by atoms with Crippen molar-refractivity contribution in [1.82, 2.24) is 9.62 Å². The first-order valence-corrected chi connectivity index (χ1v) is 10.4. The van der Waals surface area contributed by atoms with Crippen LogP contribution in [0.3, 0.4) is 0 Å². The summed E-state index contributed by atoms with van der Waals surface area (Å²) < 4.78 is 27.7. The molecule has 23 heavy (non-hydrogen) atoms. The van der Waals surface area contributed by atoms with Crippen molar-refractivity contribution in [3.05, 3.63) is 29.3 Å². The predicted octanol–water partition coefficient (Wildman–Crippen LogP) is 2.58. The quantitative estimate of drug-likeness (QED) is 0.899. The van der Waals surface area contributed by atoms with Crippen molar-refractivity contribution in [3.63, 3.8) is 0 Å². The predicted molar refractivity (Wildman–Crippen MR) is 93.1 cm³/mol. The number of hydrogen-bond acceptors (Lipinski definition) is 3. The smallest absolute Gasteiger partial charge is 0.240 e. The first-order valence-electron chi connectivity index (χ1n) is 8.88. The molecule has 0 spiro atoms. The third kappa shape index (κ3) is 4.34. The maximum Gasteiger partial charge on any atom is 0.240 e. The number of fused-ring (bicyclic) bond motifs is 1. The molecular formula is C18H28N2O2S. The van der Waals surface area contributed by atoms with E-state index in [1.165, 1.54) is 30.4 Å². The molecule has 1 fully saturated rings. The molecule has 0 unspecified atom stereocenters.